The van der Waals surface area contributed by atoms with E-state index in [0.717, 1.165) is 12.8 Å². The Balaban J connectivity index is 2.28. The van der Waals surface area contributed by atoms with Gasteiger partial charge in [0.1, 0.15) is 5.75 Å². The second kappa shape index (κ2) is 5.06. The van der Waals surface area contributed by atoms with Gasteiger partial charge in [0.15, 0.2) is 0 Å². The summed E-state index contributed by atoms with van der Waals surface area (Å²) in [7, 11) is -2.36. The lowest BCUT2D eigenvalue weighted by atomic mass is 10.2. The first-order valence-corrected chi connectivity index (χ1v) is 7.11. The second-order valence-corrected chi connectivity index (χ2v) is 5.66. The fourth-order valence-electron chi connectivity index (χ4n) is 1.52. The third-order valence-electron chi connectivity index (χ3n) is 2.60. The van der Waals surface area contributed by atoms with Gasteiger partial charge in [0.2, 0.25) is 0 Å². The van der Waals surface area contributed by atoms with E-state index in [9.17, 15) is 13.2 Å². The number of nitrogens with one attached hydrogen (secondary N) is 2. The van der Waals surface area contributed by atoms with Crippen molar-refractivity contribution in [1.82, 2.24) is 4.72 Å². The summed E-state index contributed by atoms with van der Waals surface area (Å²) in [5.41, 5.74) is -0.165. The van der Waals surface area contributed by atoms with Crippen LogP contribution in [-0.2, 0) is 10.2 Å². The molecule has 0 spiro atoms. The average molecular weight is 286 g/mol. The van der Waals surface area contributed by atoms with Crippen LogP contribution in [0.15, 0.2) is 18.2 Å². The molecule has 1 aliphatic carbocycles. The number of carboxylic acids is 1. The highest BCUT2D eigenvalue weighted by molar-refractivity contribution is 7.90. The predicted octanol–water partition coefficient (Wildman–Crippen LogP) is 0.802. The van der Waals surface area contributed by atoms with Gasteiger partial charge >= 0.3 is 5.97 Å². The fourth-order valence-corrected chi connectivity index (χ4v) is 2.71. The molecular weight excluding hydrogens is 272 g/mol. The van der Waals surface area contributed by atoms with E-state index in [0.29, 0.717) is 5.75 Å². The third kappa shape index (κ3) is 3.58. The van der Waals surface area contributed by atoms with Gasteiger partial charge in [-0.25, -0.2) is 4.79 Å². The van der Waals surface area contributed by atoms with Crippen molar-refractivity contribution in [1.29, 1.82) is 0 Å². The maximum Gasteiger partial charge on any atom is 0.337 e. The molecule has 0 heterocycles. The van der Waals surface area contributed by atoms with Crippen LogP contribution < -0.4 is 14.2 Å². The summed E-state index contributed by atoms with van der Waals surface area (Å²) >= 11 is 0. The first-order valence-electron chi connectivity index (χ1n) is 5.62. The number of carboxylic acid groups (broad SMARTS) is 1. The van der Waals surface area contributed by atoms with Crippen LogP contribution in [0.1, 0.15) is 23.2 Å². The van der Waals surface area contributed by atoms with Crippen LogP contribution >= 0.6 is 0 Å². The zero-order valence-corrected chi connectivity index (χ0v) is 11.0. The summed E-state index contributed by atoms with van der Waals surface area (Å²) in [5, 5.41) is 9.02. The molecule has 2 rings (SSSR count). The normalized spacial score (nSPS) is 15.0. The minimum Gasteiger partial charge on any atom is -0.497 e. The number of aromatic carboxylic acids is 1. The molecule has 1 fully saturated rings. The summed E-state index contributed by atoms with van der Waals surface area (Å²) in [6, 6.07) is 4.01. The molecule has 1 saturated carbocycles. The molecule has 0 bridgehead atoms. The van der Waals surface area contributed by atoms with Gasteiger partial charge in [-0.05, 0) is 25.0 Å². The van der Waals surface area contributed by atoms with Gasteiger partial charge in [0.25, 0.3) is 10.2 Å². The zero-order chi connectivity index (χ0) is 14.0. The number of ether oxygens (including phenoxy) is 1. The van der Waals surface area contributed by atoms with Crippen LogP contribution in [0.4, 0.5) is 5.69 Å². The summed E-state index contributed by atoms with van der Waals surface area (Å²) in [6.45, 7) is 0. The molecule has 8 heteroatoms. The Kier molecular flexibility index (Phi) is 3.63. The number of hydrogen-bond donors (Lipinski definition) is 3. The molecule has 0 radical (unpaired) electrons. The van der Waals surface area contributed by atoms with E-state index < -0.39 is 16.2 Å². The van der Waals surface area contributed by atoms with E-state index in [4.69, 9.17) is 9.84 Å². The van der Waals surface area contributed by atoms with Crippen LogP contribution in [0.25, 0.3) is 0 Å². The van der Waals surface area contributed by atoms with E-state index in [2.05, 4.69) is 9.44 Å². The molecule has 7 nitrogen and oxygen atoms in total. The van der Waals surface area contributed by atoms with Gasteiger partial charge in [0.05, 0.1) is 18.4 Å². The van der Waals surface area contributed by atoms with Gasteiger partial charge in [-0.2, -0.15) is 13.1 Å². The van der Waals surface area contributed by atoms with Crippen molar-refractivity contribution < 1.29 is 23.1 Å². The molecule has 0 aromatic heterocycles. The molecule has 0 atom stereocenters. The maximum atomic E-state index is 11.8. The number of methoxy groups -OCH3 is 1. The van der Waals surface area contributed by atoms with Crippen LogP contribution in [0.5, 0.6) is 5.75 Å². The summed E-state index contributed by atoms with van der Waals surface area (Å²) < 4.78 is 33.1. The predicted molar refractivity (Wildman–Crippen MR) is 68.7 cm³/mol. The van der Waals surface area contributed by atoms with Gasteiger partial charge in [-0.1, -0.05) is 0 Å². The Morgan fingerprint density at radius 3 is 2.63 bits per heavy atom. The van der Waals surface area contributed by atoms with Gasteiger partial charge < -0.3 is 9.84 Å². The second-order valence-electron chi connectivity index (χ2n) is 4.21. The maximum absolute atomic E-state index is 11.8. The van der Waals surface area contributed by atoms with Crippen LogP contribution in [0.3, 0.4) is 0 Å². The Morgan fingerprint density at radius 1 is 1.42 bits per heavy atom. The van der Waals surface area contributed by atoms with E-state index in [1.807, 2.05) is 0 Å². The van der Waals surface area contributed by atoms with Gasteiger partial charge in [-0.15, -0.1) is 0 Å². The van der Waals surface area contributed by atoms with E-state index in [1.165, 1.54) is 25.3 Å². The molecule has 0 amide bonds. The minimum atomic E-state index is -3.77. The molecule has 0 aliphatic heterocycles. The highest BCUT2D eigenvalue weighted by Gasteiger charge is 2.27. The highest BCUT2D eigenvalue weighted by atomic mass is 32.2. The van der Waals surface area contributed by atoms with Crippen molar-refractivity contribution in [2.75, 3.05) is 11.8 Å². The monoisotopic (exact) mass is 286 g/mol. The first-order chi connectivity index (χ1) is 8.91. The van der Waals surface area contributed by atoms with Gasteiger partial charge in [-0.3, -0.25) is 4.72 Å². The number of rotatable bonds is 6. The van der Waals surface area contributed by atoms with Crippen molar-refractivity contribution >= 4 is 21.9 Å². The van der Waals surface area contributed by atoms with E-state index in [-0.39, 0.29) is 17.3 Å². The summed E-state index contributed by atoms with van der Waals surface area (Å²) in [4.78, 5) is 11.0. The summed E-state index contributed by atoms with van der Waals surface area (Å²) in [6.07, 6.45) is 1.59. The van der Waals surface area contributed by atoms with Crippen LogP contribution in [0, 0.1) is 0 Å². The Labute approximate surface area is 110 Å². The fraction of sp³-hybridized carbons (Fsp3) is 0.364. The van der Waals surface area contributed by atoms with Crippen molar-refractivity contribution in [3.63, 3.8) is 0 Å². The smallest absolute Gasteiger partial charge is 0.337 e. The number of anilines is 1. The molecule has 0 unspecified atom stereocenters. The van der Waals surface area contributed by atoms with Crippen molar-refractivity contribution in [2.45, 2.75) is 18.9 Å². The largest absolute Gasteiger partial charge is 0.497 e. The first kappa shape index (κ1) is 13.6. The molecule has 104 valence electrons. The third-order valence-corrected chi connectivity index (χ3v) is 3.73. The lowest BCUT2D eigenvalue weighted by Crippen LogP contribution is -2.32. The number of benzene rings is 1. The molecular formula is C11H14N2O5S. The van der Waals surface area contributed by atoms with Crippen molar-refractivity contribution in [3.05, 3.63) is 23.8 Å². The lowest BCUT2D eigenvalue weighted by molar-refractivity contribution is 0.0698. The standard InChI is InChI=1S/C11H14N2O5S/c1-18-8-4-5-9(11(14)15)10(6-8)13-19(16,17)12-7-2-3-7/h4-7,12-13H,2-3H2,1H3,(H,14,15). The summed E-state index contributed by atoms with van der Waals surface area (Å²) in [5.74, 6) is -0.846. The zero-order valence-electron chi connectivity index (χ0n) is 10.2. The lowest BCUT2D eigenvalue weighted by Gasteiger charge is -2.12. The van der Waals surface area contributed by atoms with Crippen LogP contribution in [0.2, 0.25) is 0 Å². The topological polar surface area (TPSA) is 105 Å². The van der Waals surface area contributed by atoms with Gasteiger partial charge in [0, 0.05) is 12.1 Å². The van der Waals surface area contributed by atoms with Crippen molar-refractivity contribution in [3.8, 4) is 5.75 Å². The Bertz CT molecular complexity index is 595. The van der Waals surface area contributed by atoms with Crippen molar-refractivity contribution in [2.24, 2.45) is 0 Å². The number of carbonyl (C=O) groups is 1. The molecule has 19 heavy (non-hydrogen) atoms. The van der Waals surface area contributed by atoms with Crippen LogP contribution in [-0.4, -0.2) is 32.6 Å². The quantitative estimate of drug-likeness (QED) is 0.717. The highest BCUT2D eigenvalue weighted by Crippen LogP contribution is 2.25. The molecule has 0 saturated heterocycles. The minimum absolute atomic E-state index is 0.0278. The SMILES string of the molecule is COc1ccc(C(=O)O)c(NS(=O)(=O)NC2CC2)c1. The molecule has 1 aromatic carbocycles. The average Bonchev–Trinajstić information content (AvgIpc) is 3.10. The Hall–Kier alpha value is -1.80. The molecule has 1 aromatic rings. The molecule has 3 N–H and O–H groups in total. The van der Waals surface area contributed by atoms with E-state index in [1.54, 1.807) is 0 Å². The van der Waals surface area contributed by atoms with E-state index >= 15 is 0 Å². The molecule has 1 aliphatic rings. The Morgan fingerprint density at radius 2 is 2.11 bits per heavy atom. The number of hydrogen-bond acceptors (Lipinski definition) is 4.